The van der Waals surface area contributed by atoms with Crippen LogP contribution in [0.4, 0.5) is 0 Å². The average Bonchev–Trinajstić information content (AvgIpc) is 2.42. The molecule has 19 heavy (non-hydrogen) atoms. The van der Waals surface area contributed by atoms with Crippen molar-refractivity contribution in [2.75, 3.05) is 0 Å². The van der Waals surface area contributed by atoms with Gasteiger partial charge >= 0.3 is 11.9 Å². The van der Waals surface area contributed by atoms with Gasteiger partial charge in [0.1, 0.15) is 0 Å². The third-order valence-corrected chi connectivity index (χ3v) is 3.03. The molecule has 4 nitrogen and oxygen atoms in total. The van der Waals surface area contributed by atoms with Crippen molar-refractivity contribution in [1.82, 2.24) is 0 Å². The number of carbonyl (C=O) groups excluding carboxylic acids is 2. The molecule has 1 atom stereocenters. The minimum atomic E-state index is -1.23. The molecule has 0 aliphatic rings. The standard InChI is InChI=1S/C15H24O4/c1-5-9-10-11-12-15(7-3,14(17)18-8-4)19-13(16)6-2/h6,8H,2,4-5,7,9-12H2,1,3H3. The Balaban J connectivity index is 4.83. The van der Waals surface area contributed by atoms with Gasteiger partial charge in [-0.15, -0.1) is 0 Å². The van der Waals surface area contributed by atoms with Crippen LogP contribution in [0.5, 0.6) is 0 Å². The molecule has 0 aromatic heterocycles. The lowest BCUT2D eigenvalue weighted by Crippen LogP contribution is -2.43. The third kappa shape index (κ3) is 5.73. The lowest BCUT2D eigenvalue weighted by atomic mass is 9.92. The third-order valence-electron chi connectivity index (χ3n) is 3.03. The van der Waals surface area contributed by atoms with Gasteiger partial charge < -0.3 is 9.47 Å². The highest BCUT2D eigenvalue weighted by Gasteiger charge is 2.41. The number of unbranched alkanes of at least 4 members (excludes halogenated alkanes) is 3. The van der Waals surface area contributed by atoms with Crippen LogP contribution in [-0.4, -0.2) is 17.5 Å². The van der Waals surface area contributed by atoms with E-state index in [9.17, 15) is 9.59 Å². The fourth-order valence-corrected chi connectivity index (χ4v) is 1.84. The molecule has 0 saturated carbocycles. The zero-order valence-corrected chi connectivity index (χ0v) is 11.9. The first-order chi connectivity index (χ1) is 9.06. The second kappa shape index (κ2) is 9.36. The highest BCUT2D eigenvalue weighted by Crippen LogP contribution is 2.26. The van der Waals surface area contributed by atoms with Gasteiger partial charge in [0.25, 0.3) is 0 Å². The van der Waals surface area contributed by atoms with Crippen molar-refractivity contribution in [3.05, 3.63) is 25.5 Å². The van der Waals surface area contributed by atoms with Gasteiger partial charge in [0.2, 0.25) is 5.60 Å². The molecule has 0 rings (SSSR count). The highest BCUT2D eigenvalue weighted by atomic mass is 16.6. The zero-order chi connectivity index (χ0) is 14.7. The SMILES string of the molecule is C=COC(=O)C(CC)(CCCCCC)OC(=O)C=C. The Kier molecular flexibility index (Phi) is 8.58. The van der Waals surface area contributed by atoms with Gasteiger partial charge in [-0.2, -0.15) is 0 Å². The van der Waals surface area contributed by atoms with Crippen LogP contribution in [0.3, 0.4) is 0 Å². The molecule has 0 radical (unpaired) electrons. The van der Waals surface area contributed by atoms with E-state index in [0.717, 1.165) is 38.0 Å². The molecule has 0 N–H and O–H groups in total. The number of ether oxygens (including phenoxy) is 2. The second-order valence-electron chi connectivity index (χ2n) is 4.36. The molecule has 0 bridgehead atoms. The Labute approximate surface area is 115 Å². The molecular formula is C15H24O4. The average molecular weight is 268 g/mol. The Morgan fingerprint density at radius 3 is 2.32 bits per heavy atom. The van der Waals surface area contributed by atoms with E-state index in [1.54, 1.807) is 6.92 Å². The molecule has 0 aromatic carbocycles. The Morgan fingerprint density at radius 2 is 1.84 bits per heavy atom. The topological polar surface area (TPSA) is 52.6 Å². The Hall–Kier alpha value is -1.58. The fourth-order valence-electron chi connectivity index (χ4n) is 1.84. The quantitative estimate of drug-likeness (QED) is 0.263. The molecule has 0 heterocycles. The molecule has 108 valence electrons. The smallest absolute Gasteiger partial charge is 0.355 e. The van der Waals surface area contributed by atoms with Crippen LogP contribution < -0.4 is 0 Å². The number of hydrogen-bond acceptors (Lipinski definition) is 4. The normalized spacial score (nSPS) is 13.2. The molecular weight excluding hydrogens is 244 g/mol. The van der Waals surface area contributed by atoms with E-state index in [4.69, 9.17) is 9.47 Å². The molecule has 0 amide bonds. The maximum atomic E-state index is 12.0. The van der Waals surface area contributed by atoms with Crippen molar-refractivity contribution in [2.24, 2.45) is 0 Å². The van der Waals surface area contributed by atoms with Crippen molar-refractivity contribution in [3.8, 4) is 0 Å². The zero-order valence-electron chi connectivity index (χ0n) is 11.9. The minimum absolute atomic E-state index is 0.366. The summed E-state index contributed by atoms with van der Waals surface area (Å²) in [4.78, 5) is 23.4. The van der Waals surface area contributed by atoms with Crippen LogP contribution in [0, 0.1) is 0 Å². The fraction of sp³-hybridized carbons (Fsp3) is 0.600. The summed E-state index contributed by atoms with van der Waals surface area (Å²) in [6.07, 6.45) is 6.91. The molecule has 0 aromatic rings. The van der Waals surface area contributed by atoms with Gasteiger partial charge in [0.05, 0.1) is 6.26 Å². The molecule has 0 fully saturated rings. The molecule has 0 aliphatic heterocycles. The predicted octanol–water partition coefficient (Wildman–Crippen LogP) is 3.52. The van der Waals surface area contributed by atoms with Crippen molar-refractivity contribution < 1.29 is 19.1 Å². The van der Waals surface area contributed by atoms with Gasteiger partial charge in [-0.1, -0.05) is 46.3 Å². The van der Waals surface area contributed by atoms with Gasteiger partial charge in [0.15, 0.2) is 0 Å². The number of esters is 2. The summed E-state index contributed by atoms with van der Waals surface area (Å²) < 4.78 is 10.1. The van der Waals surface area contributed by atoms with E-state index in [1.807, 2.05) is 0 Å². The lowest BCUT2D eigenvalue weighted by Gasteiger charge is -2.29. The van der Waals surface area contributed by atoms with Crippen LogP contribution in [-0.2, 0) is 19.1 Å². The van der Waals surface area contributed by atoms with Crippen molar-refractivity contribution >= 4 is 11.9 Å². The first-order valence-corrected chi connectivity index (χ1v) is 6.73. The van der Waals surface area contributed by atoms with Crippen LogP contribution in [0.2, 0.25) is 0 Å². The van der Waals surface area contributed by atoms with Crippen molar-refractivity contribution in [2.45, 2.75) is 58.0 Å². The van der Waals surface area contributed by atoms with Gasteiger partial charge in [-0.05, 0) is 19.3 Å². The monoisotopic (exact) mass is 268 g/mol. The van der Waals surface area contributed by atoms with Crippen molar-refractivity contribution in [1.29, 1.82) is 0 Å². The predicted molar refractivity (Wildman–Crippen MR) is 74.4 cm³/mol. The van der Waals surface area contributed by atoms with Gasteiger partial charge in [-0.3, -0.25) is 0 Å². The molecule has 1 unspecified atom stereocenters. The maximum absolute atomic E-state index is 12.0. The van der Waals surface area contributed by atoms with E-state index in [0.29, 0.717) is 12.8 Å². The number of rotatable bonds is 10. The van der Waals surface area contributed by atoms with E-state index in [-0.39, 0.29) is 0 Å². The number of hydrogen-bond donors (Lipinski definition) is 0. The molecule has 0 spiro atoms. The van der Waals surface area contributed by atoms with Crippen molar-refractivity contribution in [3.63, 3.8) is 0 Å². The lowest BCUT2D eigenvalue weighted by molar-refractivity contribution is -0.177. The largest absolute Gasteiger partial charge is 0.444 e. The van der Waals surface area contributed by atoms with Crippen LogP contribution in [0.1, 0.15) is 52.4 Å². The summed E-state index contributed by atoms with van der Waals surface area (Å²) in [6, 6.07) is 0. The van der Waals surface area contributed by atoms with Crippen LogP contribution >= 0.6 is 0 Å². The van der Waals surface area contributed by atoms with Gasteiger partial charge in [-0.25, -0.2) is 9.59 Å². The summed E-state index contributed by atoms with van der Waals surface area (Å²) in [7, 11) is 0. The maximum Gasteiger partial charge on any atom is 0.355 e. The molecule has 4 heteroatoms. The highest BCUT2D eigenvalue weighted by molar-refractivity contribution is 5.87. The summed E-state index contributed by atoms with van der Waals surface area (Å²) >= 11 is 0. The van der Waals surface area contributed by atoms with Gasteiger partial charge in [0, 0.05) is 6.08 Å². The van der Waals surface area contributed by atoms with E-state index < -0.39 is 17.5 Å². The first-order valence-electron chi connectivity index (χ1n) is 6.73. The van der Waals surface area contributed by atoms with E-state index in [2.05, 4.69) is 20.1 Å². The molecule has 0 saturated heterocycles. The summed E-state index contributed by atoms with van der Waals surface area (Å²) in [5.74, 6) is -1.19. The van der Waals surface area contributed by atoms with E-state index in [1.165, 1.54) is 0 Å². The molecule has 0 aliphatic carbocycles. The first kappa shape index (κ1) is 17.4. The Morgan fingerprint density at radius 1 is 1.16 bits per heavy atom. The summed E-state index contributed by atoms with van der Waals surface area (Å²) in [5, 5.41) is 0. The van der Waals surface area contributed by atoms with Crippen LogP contribution in [0.15, 0.2) is 25.5 Å². The van der Waals surface area contributed by atoms with E-state index >= 15 is 0 Å². The Bertz CT molecular complexity index is 322. The number of carbonyl (C=O) groups is 2. The summed E-state index contributed by atoms with van der Waals surface area (Å²) in [6.45, 7) is 10.6. The second-order valence-corrected chi connectivity index (χ2v) is 4.36. The van der Waals surface area contributed by atoms with Crippen LogP contribution in [0.25, 0.3) is 0 Å². The summed E-state index contributed by atoms with van der Waals surface area (Å²) in [5.41, 5.74) is -1.23. The minimum Gasteiger partial charge on any atom is -0.444 e.